The Morgan fingerprint density at radius 1 is 1.12 bits per heavy atom. The van der Waals surface area contributed by atoms with Gasteiger partial charge in [-0.3, -0.25) is 35.0 Å². The second-order valence-corrected chi connectivity index (χ2v) is 15.4. The number of pyridine rings is 1. The number of piperazine rings is 1. The molecular weight excluding hydrogens is 720 g/mol. The molecule has 3 saturated heterocycles. The molecule has 288 valence electrons. The van der Waals surface area contributed by atoms with Crippen LogP contribution in [0.4, 0.5) is 15.8 Å². The molecule has 16 heteroatoms. The first-order valence-corrected chi connectivity index (χ1v) is 18.8. The second-order valence-electron chi connectivity index (χ2n) is 15.4. The van der Waals surface area contributed by atoms with Crippen molar-refractivity contribution in [3.8, 4) is 17.7 Å². The number of imide groups is 1. The number of hydrogen-bond acceptors (Lipinski definition) is 13. The highest BCUT2D eigenvalue weighted by Crippen LogP contribution is 2.39. The van der Waals surface area contributed by atoms with Gasteiger partial charge in [-0.15, -0.1) is 0 Å². The molecule has 0 radical (unpaired) electrons. The van der Waals surface area contributed by atoms with E-state index in [9.17, 15) is 29.1 Å². The molecule has 3 amide bonds. The number of hydrogen-bond donors (Lipinski definition) is 4. The summed E-state index contributed by atoms with van der Waals surface area (Å²) >= 11 is 0. The molecule has 3 aromatic rings. The number of phenolic OH excluding ortho intramolecular Hbond substituents is 1. The number of nitriles is 1. The number of aromatic nitrogens is 1. The molecule has 9 rings (SSSR count). The molecule has 7 heterocycles. The Morgan fingerprint density at radius 3 is 2.77 bits per heavy atom. The minimum Gasteiger partial charge on any atom is -0.503 e. The van der Waals surface area contributed by atoms with Gasteiger partial charge < -0.3 is 29.9 Å². The highest BCUT2D eigenvalue weighted by Gasteiger charge is 2.48. The predicted octanol–water partition coefficient (Wildman–Crippen LogP) is 2.40. The molecule has 0 spiro atoms. The molecule has 2 aromatic carbocycles. The number of carbonyl (C=O) groups excluding carboxylic acids is 3. The zero-order chi connectivity index (χ0) is 38.7. The Morgan fingerprint density at radius 2 is 1.96 bits per heavy atom. The van der Waals surface area contributed by atoms with Crippen LogP contribution in [0.1, 0.15) is 53.2 Å². The van der Waals surface area contributed by atoms with Gasteiger partial charge in [-0.05, 0) is 49.2 Å². The second kappa shape index (κ2) is 13.7. The van der Waals surface area contributed by atoms with Crippen molar-refractivity contribution >= 4 is 29.1 Å². The number of fused-ring (bicyclic) bond motifs is 3. The summed E-state index contributed by atoms with van der Waals surface area (Å²) in [5, 5.41) is 27.9. The molecule has 1 aromatic heterocycles. The smallest absolute Gasteiger partial charge is 0.255 e. The van der Waals surface area contributed by atoms with Gasteiger partial charge in [0.25, 0.3) is 5.91 Å². The number of carbonyl (C=O) groups is 3. The third kappa shape index (κ3) is 6.27. The molecule has 6 aliphatic heterocycles. The molecule has 6 aliphatic rings. The Kier molecular flexibility index (Phi) is 8.68. The average molecular weight is 761 g/mol. The van der Waals surface area contributed by atoms with Crippen LogP contribution in [-0.2, 0) is 22.7 Å². The third-order valence-electron chi connectivity index (χ3n) is 11.7. The molecule has 0 unspecified atom stereocenters. The Labute approximate surface area is 322 Å². The van der Waals surface area contributed by atoms with Crippen LogP contribution in [0.3, 0.4) is 0 Å². The Bertz CT molecular complexity index is 2250. The van der Waals surface area contributed by atoms with E-state index >= 15 is 0 Å². The van der Waals surface area contributed by atoms with Crippen molar-refractivity contribution in [3.63, 3.8) is 0 Å². The summed E-state index contributed by atoms with van der Waals surface area (Å²) in [7, 11) is 0. The maximum atomic E-state index is 14.1. The van der Waals surface area contributed by atoms with E-state index in [0.29, 0.717) is 61.7 Å². The lowest BCUT2D eigenvalue weighted by molar-refractivity contribution is -0.136. The molecule has 4 N–H and O–H groups in total. The van der Waals surface area contributed by atoms with Crippen LogP contribution >= 0.6 is 0 Å². The van der Waals surface area contributed by atoms with Gasteiger partial charge in [0.05, 0.1) is 29.4 Å². The molecule has 0 bridgehead atoms. The SMILES string of the molecule is C[C@]12CNC3=C(NN(c4cccc(F)c4O)C=C3)N1C[C@H](Oc1cc(C#N)c(CN3CCN(c4ccc5c(c4)C(=O)N([C@H]4CCC(=O)NC4=O)C5)CC3)cn1)C2. The van der Waals surface area contributed by atoms with Crippen molar-refractivity contribution in [2.24, 2.45) is 0 Å². The number of hydrazine groups is 1. The van der Waals surface area contributed by atoms with Crippen molar-refractivity contribution < 1.29 is 28.6 Å². The van der Waals surface area contributed by atoms with E-state index in [2.05, 4.69) is 48.7 Å². The lowest BCUT2D eigenvalue weighted by Crippen LogP contribution is -2.58. The summed E-state index contributed by atoms with van der Waals surface area (Å²) < 4.78 is 20.6. The van der Waals surface area contributed by atoms with Gasteiger partial charge in [0, 0.05) is 93.9 Å². The van der Waals surface area contributed by atoms with Crippen molar-refractivity contribution in [2.45, 2.75) is 57.0 Å². The molecule has 0 aliphatic carbocycles. The van der Waals surface area contributed by atoms with Gasteiger partial charge in [0.1, 0.15) is 23.7 Å². The number of allylic oxidation sites excluding steroid dienone is 1. The van der Waals surface area contributed by atoms with Crippen LogP contribution in [0.5, 0.6) is 11.6 Å². The van der Waals surface area contributed by atoms with E-state index in [-0.39, 0.29) is 29.9 Å². The summed E-state index contributed by atoms with van der Waals surface area (Å²) in [4.78, 5) is 50.4. The number of rotatable bonds is 7. The average Bonchev–Trinajstić information content (AvgIpc) is 3.71. The van der Waals surface area contributed by atoms with Crippen LogP contribution < -0.4 is 30.7 Å². The van der Waals surface area contributed by atoms with Gasteiger partial charge in [0.15, 0.2) is 11.6 Å². The number of benzene rings is 2. The molecule has 3 fully saturated rings. The van der Waals surface area contributed by atoms with Crippen molar-refractivity contribution in [1.82, 2.24) is 35.7 Å². The number of para-hydroxylation sites is 1. The molecular formula is C40H41FN10O5. The van der Waals surface area contributed by atoms with Gasteiger partial charge in [-0.2, -0.15) is 5.26 Å². The van der Waals surface area contributed by atoms with Crippen LogP contribution in [0.25, 0.3) is 0 Å². The van der Waals surface area contributed by atoms with E-state index in [0.717, 1.165) is 54.5 Å². The van der Waals surface area contributed by atoms with E-state index < -0.39 is 23.5 Å². The van der Waals surface area contributed by atoms with Gasteiger partial charge >= 0.3 is 0 Å². The molecule has 3 atom stereocenters. The summed E-state index contributed by atoms with van der Waals surface area (Å²) in [5.41, 5.74) is 7.95. The van der Waals surface area contributed by atoms with Crippen molar-refractivity contribution in [1.29, 1.82) is 5.26 Å². The van der Waals surface area contributed by atoms with Crippen LogP contribution in [0.15, 0.2) is 72.5 Å². The minimum atomic E-state index is -0.703. The fraction of sp³-hybridized carbons (Fsp3) is 0.375. The van der Waals surface area contributed by atoms with Crippen LogP contribution in [0.2, 0.25) is 0 Å². The summed E-state index contributed by atoms with van der Waals surface area (Å²) in [5.74, 6) is -0.875. The zero-order valence-electron chi connectivity index (χ0n) is 30.8. The Balaban J connectivity index is 0.809. The zero-order valence-corrected chi connectivity index (χ0v) is 30.8. The number of amides is 3. The minimum absolute atomic E-state index is 0.185. The first-order chi connectivity index (χ1) is 27.1. The number of aromatic hydroxyl groups is 1. The highest BCUT2D eigenvalue weighted by atomic mass is 19.1. The lowest BCUT2D eigenvalue weighted by atomic mass is 9.96. The molecule has 0 saturated carbocycles. The number of nitrogens with zero attached hydrogens (tertiary/aromatic N) is 7. The lowest BCUT2D eigenvalue weighted by Gasteiger charge is -2.46. The predicted molar refractivity (Wildman–Crippen MR) is 201 cm³/mol. The highest BCUT2D eigenvalue weighted by molar-refractivity contribution is 6.05. The van der Waals surface area contributed by atoms with Gasteiger partial charge in [0.2, 0.25) is 17.7 Å². The largest absolute Gasteiger partial charge is 0.503 e. The standard InChI is InChI=1S/C40H41FN10O5/c1-40-17-28(22-50(40)37-31(44-23-40)9-10-51(46-37)32-4-2-3-30(41)36(32)53)56-35-15-25(18-42)26(19-43-35)20-47-11-13-48(14-12-47)27-6-5-24-21-49(39(55)29(24)16-27)33-7-8-34(52)45-38(33)54/h2-6,9-10,15-16,19,28,33,44,46,53H,7-8,11-14,17,20-23H2,1H3,(H,45,52,54)/t28-,33+,40+/m1/s1. The molecule has 15 nitrogen and oxygen atoms in total. The first-order valence-electron chi connectivity index (χ1n) is 18.8. The summed E-state index contributed by atoms with van der Waals surface area (Å²) in [6.07, 6.45) is 6.38. The van der Waals surface area contributed by atoms with E-state index in [4.69, 9.17) is 4.74 Å². The number of piperidine rings is 1. The summed E-state index contributed by atoms with van der Waals surface area (Å²) in [6, 6.07) is 13.7. The maximum Gasteiger partial charge on any atom is 0.255 e. The first kappa shape index (κ1) is 35.4. The van der Waals surface area contributed by atoms with Gasteiger partial charge in [-0.25, -0.2) is 9.37 Å². The normalized spacial score (nSPS) is 24.6. The number of phenols is 1. The Hall–Kier alpha value is -6.34. The van der Waals surface area contributed by atoms with E-state index in [1.54, 1.807) is 40.5 Å². The van der Waals surface area contributed by atoms with Gasteiger partial charge in [-0.1, -0.05) is 12.1 Å². The number of ether oxygens (including phenoxy) is 1. The van der Waals surface area contributed by atoms with E-state index in [1.165, 1.54) is 6.07 Å². The maximum absolute atomic E-state index is 14.1. The molecule has 56 heavy (non-hydrogen) atoms. The number of nitrogens with one attached hydrogen (secondary N) is 3. The van der Waals surface area contributed by atoms with Crippen LogP contribution in [-0.4, -0.2) is 99.5 Å². The number of halogens is 1. The topological polar surface area (TPSA) is 170 Å². The van der Waals surface area contributed by atoms with Crippen molar-refractivity contribution in [3.05, 3.63) is 101 Å². The van der Waals surface area contributed by atoms with Crippen molar-refractivity contribution in [2.75, 3.05) is 49.2 Å². The third-order valence-corrected chi connectivity index (χ3v) is 11.7. The van der Waals surface area contributed by atoms with E-state index in [1.807, 2.05) is 24.3 Å². The van der Waals surface area contributed by atoms with Crippen LogP contribution in [0, 0.1) is 17.1 Å². The quantitative estimate of drug-likeness (QED) is 0.260. The summed E-state index contributed by atoms with van der Waals surface area (Å²) in [6.45, 7) is 7.25. The number of anilines is 2. The monoisotopic (exact) mass is 760 g/mol. The fourth-order valence-corrected chi connectivity index (χ4v) is 8.68. The fourth-order valence-electron chi connectivity index (χ4n) is 8.68.